The predicted molar refractivity (Wildman–Crippen MR) is 51.5 cm³/mol. The van der Waals surface area contributed by atoms with Gasteiger partial charge in [-0.3, -0.25) is 4.79 Å². The molecule has 1 nitrogen and oxygen atoms in total. The molecule has 0 N–H and O–H groups in total. The Morgan fingerprint density at radius 2 is 2.08 bits per heavy atom. The van der Waals surface area contributed by atoms with Crippen LogP contribution in [0.5, 0.6) is 0 Å². The van der Waals surface area contributed by atoms with Gasteiger partial charge in [-0.2, -0.15) is 11.8 Å². The number of carbonyl (C=O) groups excluding carboxylic acids is 1. The Hall–Kier alpha value is -0.830. The highest BCUT2D eigenvalue weighted by molar-refractivity contribution is 8.00. The molecule has 0 unspecified atom stereocenters. The fraction of sp³-hybridized carbons (Fsp3) is 0.300. The van der Waals surface area contributed by atoms with Crippen molar-refractivity contribution in [3.05, 3.63) is 35.6 Å². The molecule has 1 saturated heterocycles. The first-order valence-electron chi connectivity index (χ1n) is 4.15. The van der Waals surface area contributed by atoms with Gasteiger partial charge < -0.3 is 0 Å². The van der Waals surface area contributed by atoms with Gasteiger partial charge in [-0.05, 0) is 12.1 Å². The molecule has 0 aromatic heterocycles. The molecule has 0 radical (unpaired) electrons. The van der Waals surface area contributed by atoms with Gasteiger partial charge in [0.05, 0.1) is 5.56 Å². The fourth-order valence-electron chi connectivity index (χ4n) is 1.27. The van der Waals surface area contributed by atoms with Gasteiger partial charge in [0, 0.05) is 17.4 Å². The Balaban J connectivity index is 2.24. The lowest BCUT2D eigenvalue weighted by Gasteiger charge is -2.23. The van der Waals surface area contributed by atoms with Crippen molar-refractivity contribution in [1.29, 1.82) is 0 Å². The summed E-state index contributed by atoms with van der Waals surface area (Å²) in [6.07, 6.45) is 0. The largest absolute Gasteiger partial charge is 0.294 e. The summed E-state index contributed by atoms with van der Waals surface area (Å²) in [6, 6.07) is 6.18. The third kappa shape index (κ3) is 1.61. The third-order valence-electron chi connectivity index (χ3n) is 2.15. The van der Waals surface area contributed by atoms with Crippen molar-refractivity contribution in [2.24, 2.45) is 5.92 Å². The Morgan fingerprint density at radius 3 is 2.62 bits per heavy atom. The first-order chi connectivity index (χ1) is 6.29. The zero-order chi connectivity index (χ0) is 9.26. The lowest BCUT2D eigenvalue weighted by molar-refractivity contribution is 0.0935. The van der Waals surface area contributed by atoms with E-state index in [9.17, 15) is 9.18 Å². The van der Waals surface area contributed by atoms with Gasteiger partial charge in [0.1, 0.15) is 5.82 Å². The average Bonchev–Trinajstić information content (AvgIpc) is 2.01. The van der Waals surface area contributed by atoms with Crippen molar-refractivity contribution in [2.45, 2.75) is 0 Å². The number of benzene rings is 1. The number of thioether (sulfide) groups is 1. The molecule has 68 valence electrons. The minimum absolute atomic E-state index is 0.0434. The maximum absolute atomic E-state index is 13.1. The van der Waals surface area contributed by atoms with E-state index in [2.05, 4.69) is 0 Å². The SMILES string of the molecule is O=C(c1ccccc1F)C1CSC1. The van der Waals surface area contributed by atoms with E-state index >= 15 is 0 Å². The van der Waals surface area contributed by atoms with E-state index in [0.29, 0.717) is 0 Å². The number of hydrogen-bond donors (Lipinski definition) is 0. The van der Waals surface area contributed by atoms with Crippen LogP contribution in [0.25, 0.3) is 0 Å². The number of Topliss-reactive ketones (excluding diaryl/α,β-unsaturated/α-hetero) is 1. The van der Waals surface area contributed by atoms with Crippen LogP contribution in [-0.4, -0.2) is 17.3 Å². The first-order valence-corrected chi connectivity index (χ1v) is 5.31. The van der Waals surface area contributed by atoms with Crippen LogP contribution >= 0.6 is 11.8 Å². The third-order valence-corrected chi connectivity index (χ3v) is 3.42. The zero-order valence-electron chi connectivity index (χ0n) is 7.00. The molecule has 3 heteroatoms. The lowest BCUT2D eigenvalue weighted by Crippen LogP contribution is -2.28. The molecule has 0 atom stereocenters. The molecule has 0 amide bonds. The summed E-state index contributed by atoms with van der Waals surface area (Å²) < 4.78 is 13.1. The fourth-order valence-corrected chi connectivity index (χ4v) is 2.04. The normalized spacial score (nSPS) is 16.7. The van der Waals surface area contributed by atoms with Gasteiger partial charge >= 0.3 is 0 Å². The number of ketones is 1. The van der Waals surface area contributed by atoms with Gasteiger partial charge in [-0.1, -0.05) is 12.1 Å². The highest BCUT2D eigenvalue weighted by Gasteiger charge is 2.28. The first kappa shape index (κ1) is 8.75. The smallest absolute Gasteiger partial charge is 0.170 e. The molecule has 0 saturated carbocycles. The zero-order valence-corrected chi connectivity index (χ0v) is 7.81. The highest BCUT2D eigenvalue weighted by atomic mass is 32.2. The Bertz CT molecular complexity index is 333. The van der Waals surface area contributed by atoms with E-state index in [4.69, 9.17) is 0 Å². The molecule has 1 aliphatic heterocycles. The topological polar surface area (TPSA) is 17.1 Å². The second-order valence-electron chi connectivity index (χ2n) is 3.08. The molecule has 1 aliphatic rings. The molecule has 0 aliphatic carbocycles. The van der Waals surface area contributed by atoms with Crippen molar-refractivity contribution in [1.82, 2.24) is 0 Å². The average molecular weight is 196 g/mol. The molecule has 1 fully saturated rings. The van der Waals surface area contributed by atoms with E-state index in [0.717, 1.165) is 11.5 Å². The predicted octanol–water partition coefficient (Wildman–Crippen LogP) is 2.37. The van der Waals surface area contributed by atoms with Crippen LogP contribution in [0.1, 0.15) is 10.4 Å². The van der Waals surface area contributed by atoms with Crippen molar-refractivity contribution in [3.63, 3.8) is 0 Å². The molecule has 1 heterocycles. The van der Waals surface area contributed by atoms with Crippen molar-refractivity contribution < 1.29 is 9.18 Å². The Kier molecular flexibility index (Phi) is 2.36. The molecular formula is C10H9FOS. The summed E-state index contributed by atoms with van der Waals surface area (Å²) in [7, 11) is 0. The standard InChI is InChI=1S/C10H9FOS/c11-9-4-2-1-3-8(9)10(12)7-5-13-6-7/h1-4,7H,5-6H2. The van der Waals surface area contributed by atoms with Crippen LogP contribution in [0.2, 0.25) is 0 Å². The van der Waals surface area contributed by atoms with Crippen LogP contribution in [0.15, 0.2) is 24.3 Å². The number of rotatable bonds is 2. The van der Waals surface area contributed by atoms with Gasteiger partial charge in [0.15, 0.2) is 5.78 Å². The second kappa shape index (κ2) is 3.50. The molecule has 0 bridgehead atoms. The summed E-state index contributed by atoms with van der Waals surface area (Å²) in [5.41, 5.74) is 0.243. The van der Waals surface area contributed by atoms with Crippen molar-refractivity contribution in [3.8, 4) is 0 Å². The summed E-state index contributed by atoms with van der Waals surface area (Å²) in [4.78, 5) is 11.6. The van der Waals surface area contributed by atoms with Gasteiger partial charge in [-0.25, -0.2) is 4.39 Å². The molecular weight excluding hydrogens is 187 g/mol. The maximum atomic E-state index is 13.1. The molecule has 0 spiro atoms. The molecule has 2 rings (SSSR count). The van der Waals surface area contributed by atoms with Gasteiger partial charge in [0.2, 0.25) is 0 Å². The summed E-state index contributed by atoms with van der Waals surface area (Å²) in [5.74, 6) is 1.28. The lowest BCUT2D eigenvalue weighted by atomic mass is 10.00. The van der Waals surface area contributed by atoms with Crippen LogP contribution in [-0.2, 0) is 0 Å². The second-order valence-corrected chi connectivity index (χ2v) is 4.15. The van der Waals surface area contributed by atoms with Crippen LogP contribution < -0.4 is 0 Å². The number of carbonyl (C=O) groups is 1. The quantitative estimate of drug-likeness (QED) is 0.675. The summed E-state index contributed by atoms with van der Waals surface area (Å²) >= 11 is 1.73. The van der Waals surface area contributed by atoms with Crippen molar-refractivity contribution in [2.75, 3.05) is 11.5 Å². The van der Waals surface area contributed by atoms with Gasteiger partial charge in [-0.15, -0.1) is 0 Å². The molecule has 1 aromatic carbocycles. The van der Waals surface area contributed by atoms with E-state index in [1.165, 1.54) is 6.07 Å². The Labute approximate surface area is 80.3 Å². The number of halogens is 1. The minimum atomic E-state index is -0.399. The number of hydrogen-bond acceptors (Lipinski definition) is 2. The molecule has 13 heavy (non-hydrogen) atoms. The molecule has 1 aromatic rings. The Morgan fingerprint density at radius 1 is 1.38 bits per heavy atom. The monoisotopic (exact) mass is 196 g/mol. The van der Waals surface area contributed by atoms with E-state index in [1.807, 2.05) is 0 Å². The summed E-state index contributed by atoms with van der Waals surface area (Å²) in [6.45, 7) is 0. The maximum Gasteiger partial charge on any atom is 0.170 e. The highest BCUT2D eigenvalue weighted by Crippen LogP contribution is 2.28. The van der Waals surface area contributed by atoms with E-state index < -0.39 is 5.82 Å². The summed E-state index contributed by atoms with van der Waals surface area (Å²) in [5, 5.41) is 0. The van der Waals surface area contributed by atoms with E-state index in [1.54, 1.807) is 30.0 Å². The minimum Gasteiger partial charge on any atom is -0.294 e. The van der Waals surface area contributed by atoms with Crippen LogP contribution in [0.4, 0.5) is 4.39 Å². The van der Waals surface area contributed by atoms with E-state index in [-0.39, 0.29) is 17.3 Å². The van der Waals surface area contributed by atoms with Crippen molar-refractivity contribution >= 4 is 17.5 Å². The van der Waals surface area contributed by atoms with Gasteiger partial charge in [0.25, 0.3) is 0 Å². The van der Waals surface area contributed by atoms with Crippen LogP contribution in [0.3, 0.4) is 0 Å². The van der Waals surface area contributed by atoms with Crippen LogP contribution in [0, 0.1) is 11.7 Å².